The number of nitriles is 1. The maximum Gasteiger partial charge on any atom is 0.291 e. The zero-order valence-corrected chi connectivity index (χ0v) is 21.3. The Morgan fingerprint density at radius 1 is 1.18 bits per heavy atom. The summed E-state index contributed by atoms with van der Waals surface area (Å²) in [6.45, 7) is 2.89. The van der Waals surface area contributed by atoms with E-state index in [1.54, 1.807) is 10.6 Å². The Bertz CT molecular complexity index is 1730. The molecule has 0 bridgehead atoms. The number of hydrogen-bond donors (Lipinski definition) is 1. The summed E-state index contributed by atoms with van der Waals surface area (Å²) in [6.07, 6.45) is -0.510. The molecule has 3 aromatic heterocycles. The van der Waals surface area contributed by atoms with Crippen LogP contribution < -0.4 is 9.62 Å². The predicted octanol–water partition coefficient (Wildman–Crippen LogP) is 2.78. The molecule has 0 amide bonds. The number of nitrogens with zero attached hydrogens (tertiary/aromatic N) is 7. The Kier molecular flexibility index (Phi) is 5.22. The van der Waals surface area contributed by atoms with Crippen LogP contribution >= 0.6 is 11.3 Å². The van der Waals surface area contributed by atoms with Gasteiger partial charge in [-0.1, -0.05) is 17.4 Å². The van der Waals surface area contributed by atoms with Crippen LogP contribution in [0, 0.1) is 23.2 Å². The second-order valence-electron chi connectivity index (χ2n) is 9.90. The van der Waals surface area contributed by atoms with Crippen molar-refractivity contribution in [3.63, 3.8) is 0 Å². The Labute approximate surface area is 219 Å². The van der Waals surface area contributed by atoms with Gasteiger partial charge in [0.2, 0.25) is 15.2 Å². The maximum absolute atomic E-state index is 13.4. The SMILES string of the molecule is N#CC1(NS(=O)(=O)c2ccc3c4c(N5C[C@H]6COC[C@H]6C5)ncnc4n(-c4nnc(C(F)F)s4)c3c2)CC1. The zero-order chi connectivity index (χ0) is 26.2. The van der Waals surface area contributed by atoms with Crippen LogP contribution in [0.1, 0.15) is 24.3 Å². The van der Waals surface area contributed by atoms with Gasteiger partial charge in [-0.25, -0.2) is 27.2 Å². The molecule has 5 heterocycles. The average Bonchev–Trinajstić information content (AvgIpc) is 3.32. The van der Waals surface area contributed by atoms with E-state index >= 15 is 0 Å². The number of rotatable bonds is 6. The third kappa shape index (κ3) is 3.66. The summed E-state index contributed by atoms with van der Waals surface area (Å²) < 4.78 is 62.8. The number of ether oxygens (including phenoxy) is 1. The molecular formula is C23H20F2N8O3S2. The molecule has 1 aromatic carbocycles. The average molecular weight is 559 g/mol. The van der Waals surface area contributed by atoms with Gasteiger partial charge in [-0.2, -0.15) is 9.98 Å². The van der Waals surface area contributed by atoms with Crippen LogP contribution in [-0.2, 0) is 14.8 Å². The van der Waals surface area contributed by atoms with E-state index in [2.05, 4.69) is 29.8 Å². The third-order valence-corrected chi connectivity index (χ3v) is 9.90. The summed E-state index contributed by atoms with van der Waals surface area (Å²) in [5, 5.41) is 18.0. The molecule has 11 nitrogen and oxygen atoms in total. The number of aromatic nitrogens is 5. The standard InChI is InChI=1S/C23H20F2N8O3S2/c24-18(25)21-29-30-22(37-21)33-16-5-14(38(34,35)31-23(10-26)3-4-23)1-2-15(16)17-19(27-11-28-20(17)33)32-6-12-8-36-9-13(12)7-32/h1-2,5,11-13,18,31H,3-4,6-9H2/t12-,13+. The number of sulfonamides is 1. The molecule has 3 fully saturated rings. The van der Waals surface area contributed by atoms with Crippen LogP contribution in [0.2, 0.25) is 0 Å². The van der Waals surface area contributed by atoms with Gasteiger partial charge in [-0.15, -0.1) is 10.2 Å². The molecule has 3 aliphatic rings. The van der Waals surface area contributed by atoms with Crippen molar-refractivity contribution in [2.24, 2.45) is 11.8 Å². The van der Waals surface area contributed by atoms with E-state index in [0.29, 0.717) is 77.0 Å². The molecule has 38 heavy (non-hydrogen) atoms. The molecule has 15 heteroatoms. The minimum Gasteiger partial charge on any atom is -0.381 e. The lowest BCUT2D eigenvalue weighted by Crippen LogP contribution is -2.35. The van der Waals surface area contributed by atoms with Gasteiger partial charge in [0.15, 0.2) is 10.7 Å². The minimum absolute atomic E-state index is 0.0588. The predicted molar refractivity (Wildman–Crippen MR) is 133 cm³/mol. The van der Waals surface area contributed by atoms with Crippen molar-refractivity contribution < 1.29 is 21.9 Å². The Balaban J connectivity index is 1.43. The summed E-state index contributed by atoms with van der Waals surface area (Å²) in [7, 11) is -4.04. The van der Waals surface area contributed by atoms with Crippen molar-refractivity contribution in [2.75, 3.05) is 31.2 Å². The van der Waals surface area contributed by atoms with Crippen LogP contribution in [0.5, 0.6) is 0 Å². The number of halogens is 2. The molecule has 0 radical (unpaired) electrons. The number of benzene rings is 1. The van der Waals surface area contributed by atoms with Gasteiger partial charge in [0.1, 0.15) is 17.7 Å². The molecule has 2 atom stereocenters. The summed E-state index contributed by atoms with van der Waals surface area (Å²) >= 11 is 0.709. The van der Waals surface area contributed by atoms with Crippen molar-refractivity contribution >= 4 is 49.1 Å². The number of anilines is 1. The highest BCUT2D eigenvalue weighted by Gasteiger charge is 2.47. The third-order valence-electron chi connectivity index (χ3n) is 7.45. The molecular weight excluding hydrogens is 538 g/mol. The summed E-state index contributed by atoms with van der Waals surface area (Å²) in [6, 6.07) is 6.61. The second kappa shape index (κ2) is 8.34. The van der Waals surface area contributed by atoms with E-state index in [0.717, 1.165) is 13.1 Å². The largest absolute Gasteiger partial charge is 0.381 e. The Morgan fingerprint density at radius 2 is 1.95 bits per heavy atom. The van der Waals surface area contributed by atoms with E-state index in [1.165, 1.54) is 18.5 Å². The molecule has 0 unspecified atom stereocenters. The van der Waals surface area contributed by atoms with Gasteiger partial charge < -0.3 is 9.64 Å². The Morgan fingerprint density at radius 3 is 2.61 bits per heavy atom. The van der Waals surface area contributed by atoms with Crippen LogP contribution in [0.4, 0.5) is 14.6 Å². The molecule has 0 spiro atoms. The quantitative estimate of drug-likeness (QED) is 0.378. The van der Waals surface area contributed by atoms with Gasteiger partial charge in [0.05, 0.1) is 35.1 Å². The lowest BCUT2D eigenvalue weighted by atomic mass is 10.0. The first-order valence-electron chi connectivity index (χ1n) is 12.0. The van der Waals surface area contributed by atoms with E-state index in [9.17, 15) is 22.5 Å². The number of fused-ring (bicyclic) bond motifs is 4. The lowest BCUT2D eigenvalue weighted by molar-refractivity contribution is 0.150. The highest BCUT2D eigenvalue weighted by atomic mass is 32.2. The normalized spacial score (nSPS) is 22.4. The molecule has 196 valence electrons. The minimum atomic E-state index is -4.04. The van der Waals surface area contributed by atoms with E-state index in [1.807, 2.05) is 6.07 Å². The first-order valence-corrected chi connectivity index (χ1v) is 14.3. The number of alkyl halides is 2. The van der Waals surface area contributed by atoms with Crippen molar-refractivity contribution in [3.05, 3.63) is 29.5 Å². The molecule has 1 N–H and O–H groups in total. The van der Waals surface area contributed by atoms with Crippen molar-refractivity contribution in [2.45, 2.75) is 29.7 Å². The van der Waals surface area contributed by atoms with Crippen LogP contribution in [-0.4, -0.2) is 65.0 Å². The van der Waals surface area contributed by atoms with E-state index in [4.69, 9.17) is 4.74 Å². The van der Waals surface area contributed by atoms with Crippen LogP contribution in [0.3, 0.4) is 0 Å². The molecule has 2 aliphatic heterocycles. The van der Waals surface area contributed by atoms with E-state index in [-0.39, 0.29) is 10.0 Å². The molecule has 1 saturated carbocycles. The fourth-order valence-corrected chi connectivity index (χ4v) is 7.45. The second-order valence-corrected chi connectivity index (χ2v) is 12.6. The van der Waals surface area contributed by atoms with Gasteiger partial charge in [0, 0.05) is 30.3 Å². The highest BCUT2D eigenvalue weighted by Crippen LogP contribution is 2.41. The fourth-order valence-electron chi connectivity index (χ4n) is 5.34. The smallest absolute Gasteiger partial charge is 0.291 e. The van der Waals surface area contributed by atoms with Gasteiger partial charge >= 0.3 is 0 Å². The summed E-state index contributed by atoms with van der Waals surface area (Å²) in [5.74, 6) is 1.47. The molecule has 2 saturated heterocycles. The van der Waals surface area contributed by atoms with Crippen molar-refractivity contribution in [1.29, 1.82) is 5.26 Å². The first kappa shape index (κ1) is 23.8. The van der Waals surface area contributed by atoms with Crippen LogP contribution in [0.15, 0.2) is 29.4 Å². The topological polar surface area (TPSA) is 139 Å². The number of nitrogens with one attached hydrogen (secondary N) is 1. The fraction of sp³-hybridized carbons (Fsp3) is 0.435. The van der Waals surface area contributed by atoms with Gasteiger partial charge in [-0.05, 0) is 25.0 Å². The van der Waals surface area contributed by atoms with Gasteiger partial charge in [-0.3, -0.25) is 4.57 Å². The monoisotopic (exact) mass is 558 g/mol. The summed E-state index contributed by atoms with van der Waals surface area (Å²) in [5.41, 5.74) is -0.276. The van der Waals surface area contributed by atoms with E-state index < -0.39 is 27.0 Å². The lowest BCUT2D eigenvalue weighted by Gasteiger charge is -2.19. The number of hydrogen-bond acceptors (Lipinski definition) is 10. The first-order chi connectivity index (χ1) is 18.3. The molecule has 7 rings (SSSR count). The van der Waals surface area contributed by atoms with Crippen molar-refractivity contribution in [3.8, 4) is 11.2 Å². The summed E-state index contributed by atoms with van der Waals surface area (Å²) in [4.78, 5) is 11.2. The van der Waals surface area contributed by atoms with Crippen molar-refractivity contribution in [1.82, 2.24) is 29.5 Å². The highest BCUT2D eigenvalue weighted by molar-refractivity contribution is 7.89. The molecule has 1 aliphatic carbocycles. The Hall–Kier alpha value is -3.32. The van der Waals surface area contributed by atoms with Crippen LogP contribution in [0.25, 0.3) is 27.1 Å². The maximum atomic E-state index is 13.4. The zero-order valence-electron chi connectivity index (χ0n) is 19.7. The molecule has 4 aromatic rings. The van der Waals surface area contributed by atoms with Gasteiger partial charge in [0.25, 0.3) is 6.43 Å².